The molecule has 1 saturated heterocycles. The van der Waals surface area contributed by atoms with Gasteiger partial charge in [-0.1, -0.05) is 24.9 Å². The van der Waals surface area contributed by atoms with Crippen molar-refractivity contribution in [3.05, 3.63) is 22.7 Å². The number of rotatable bonds is 2. The second-order valence-corrected chi connectivity index (χ2v) is 6.10. The molecule has 2 heterocycles. The van der Waals surface area contributed by atoms with Crippen molar-refractivity contribution in [3.8, 4) is 0 Å². The molecule has 0 saturated carbocycles. The molecule has 1 aromatic carbocycles. The van der Waals surface area contributed by atoms with Crippen molar-refractivity contribution in [1.29, 1.82) is 0 Å². The number of anilines is 2. The number of amides is 1. The first kappa shape index (κ1) is 13.7. The standard InChI is InChI=1S/C15H20ClN3O/c1-2-9-3-5-19(6-4-9)13-8-12-10(7-11(13)16)14(17)15(20)18-12/h7-9,14H,2-6,17H2,1H3,(H,18,20). The van der Waals surface area contributed by atoms with E-state index < -0.39 is 6.04 Å². The fourth-order valence-electron chi connectivity index (χ4n) is 3.12. The molecule has 0 aromatic heterocycles. The molecule has 1 unspecified atom stereocenters. The molecule has 3 rings (SSSR count). The van der Waals surface area contributed by atoms with E-state index in [9.17, 15) is 4.79 Å². The lowest BCUT2D eigenvalue weighted by atomic mass is 9.94. The van der Waals surface area contributed by atoms with Gasteiger partial charge in [0.1, 0.15) is 6.04 Å². The van der Waals surface area contributed by atoms with Gasteiger partial charge in [-0.3, -0.25) is 4.79 Å². The Bertz CT molecular complexity index is 538. The fourth-order valence-corrected chi connectivity index (χ4v) is 3.41. The van der Waals surface area contributed by atoms with Crippen LogP contribution in [0.25, 0.3) is 0 Å². The number of halogens is 1. The average Bonchev–Trinajstić information content (AvgIpc) is 2.74. The van der Waals surface area contributed by atoms with Crippen LogP contribution in [-0.4, -0.2) is 19.0 Å². The Hall–Kier alpha value is -1.26. The van der Waals surface area contributed by atoms with Gasteiger partial charge in [-0.05, 0) is 30.9 Å². The molecule has 2 aliphatic rings. The van der Waals surface area contributed by atoms with Crippen LogP contribution in [-0.2, 0) is 4.79 Å². The minimum absolute atomic E-state index is 0.155. The number of hydrogen-bond donors (Lipinski definition) is 2. The highest BCUT2D eigenvalue weighted by atomic mass is 35.5. The van der Waals surface area contributed by atoms with Crippen molar-refractivity contribution < 1.29 is 4.79 Å². The zero-order chi connectivity index (χ0) is 14.3. The topological polar surface area (TPSA) is 58.4 Å². The van der Waals surface area contributed by atoms with Gasteiger partial charge in [0.25, 0.3) is 0 Å². The highest BCUT2D eigenvalue weighted by molar-refractivity contribution is 6.33. The van der Waals surface area contributed by atoms with Crippen LogP contribution in [0.4, 0.5) is 11.4 Å². The maximum Gasteiger partial charge on any atom is 0.245 e. The van der Waals surface area contributed by atoms with E-state index in [4.69, 9.17) is 17.3 Å². The maximum atomic E-state index is 11.6. The molecule has 20 heavy (non-hydrogen) atoms. The number of benzene rings is 1. The van der Waals surface area contributed by atoms with Crippen molar-refractivity contribution in [1.82, 2.24) is 0 Å². The Morgan fingerprint density at radius 1 is 1.40 bits per heavy atom. The first-order valence-electron chi connectivity index (χ1n) is 7.25. The van der Waals surface area contributed by atoms with E-state index in [0.717, 1.165) is 35.9 Å². The summed E-state index contributed by atoms with van der Waals surface area (Å²) in [6, 6.07) is 3.21. The van der Waals surface area contributed by atoms with Gasteiger partial charge < -0.3 is 16.0 Å². The average molecular weight is 294 g/mol. The van der Waals surface area contributed by atoms with Gasteiger partial charge in [-0.25, -0.2) is 0 Å². The van der Waals surface area contributed by atoms with E-state index in [2.05, 4.69) is 17.1 Å². The number of hydrogen-bond acceptors (Lipinski definition) is 3. The molecule has 3 N–H and O–H groups in total. The lowest BCUT2D eigenvalue weighted by Gasteiger charge is -2.34. The summed E-state index contributed by atoms with van der Waals surface area (Å²) in [6.07, 6.45) is 3.66. The second-order valence-electron chi connectivity index (χ2n) is 5.70. The lowest BCUT2D eigenvalue weighted by Crippen LogP contribution is -2.33. The number of nitrogens with two attached hydrogens (primary N) is 1. The molecule has 4 nitrogen and oxygen atoms in total. The van der Waals surface area contributed by atoms with Crippen molar-refractivity contribution >= 4 is 28.9 Å². The van der Waals surface area contributed by atoms with E-state index in [-0.39, 0.29) is 5.91 Å². The minimum Gasteiger partial charge on any atom is -0.370 e. The first-order valence-corrected chi connectivity index (χ1v) is 7.62. The summed E-state index contributed by atoms with van der Waals surface area (Å²) in [6.45, 7) is 4.30. The van der Waals surface area contributed by atoms with Crippen LogP contribution in [0.2, 0.25) is 5.02 Å². The predicted octanol–water partition coefficient (Wildman–Crippen LogP) is 2.92. The summed E-state index contributed by atoms with van der Waals surface area (Å²) in [5.74, 6) is 0.672. The molecule has 1 aromatic rings. The summed E-state index contributed by atoms with van der Waals surface area (Å²) in [5.41, 5.74) is 8.45. The number of fused-ring (bicyclic) bond motifs is 1. The SMILES string of the molecule is CCC1CCN(c2cc3c(cc2Cl)C(N)C(=O)N3)CC1. The fraction of sp³-hybridized carbons (Fsp3) is 0.533. The smallest absolute Gasteiger partial charge is 0.245 e. The largest absolute Gasteiger partial charge is 0.370 e. The number of piperidine rings is 1. The molecule has 1 atom stereocenters. The van der Waals surface area contributed by atoms with Gasteiger partial charge >= 0.3 is 0 Å². The van der Waals surface area contributed by atoms with Gasteiger partial charge in [0, 0.05) is 24.3 Å². The van der Waals surface area contributed by atoms with Gasteiger partial charge in [0.15, 0.2) is 0 Å². The molecular formula is C15H20ClN3O. The van der Waals surface area contributed by atoms with Crippen LogP contribution in [0, 0.1) is 5.92 Å². The lowest BCUT2D eigenvalue weighted by molar-refractivity contribution is -0.116. The van der Waals surface area contributed by atoms with Crippen LogP contribution in [0.5, 0.6) is 0 Å². The first-order chi connectivity index (χ1) is 9.60. The minimum atomic E-state index is -0.595. The van der Waals surface area contributed by atoms with Crippen molar-refractivity contribution in [2.45, 2.75) is 32.2 Å². The Morgan fingerprint density at radius 3 is 2.75 bits per heavy atom. The molecule has 0 spiro atoms. The Balaban J connectivity index is 1.85. The molecule has 0 bridgehead atoms. The van der Waals surface area contributed by atoms with E-state index in [1.807, 2.05) is 12.1 Å². The predicted molar refractivity (Wildman–Crippen MR) is 82.2 cm³/mol. The number of carbonyl (C=O) groups excluding carboxylic acids is 1. The monoisotopic (exact) mass is 293 g/mol. The quantitative estimate of drug-likeness (QED) is 0.881. The highest BCUT2D eigenvalue weighted by Gasteiger charge is 2.29. The molecule has 1 amide bonds. The van der Waals surface area contributed by atoms with E-state index in [1.54, 1.807) is 0 Å². The molecular weight excluding hydrogens is 274 g/mol. The van der Waals surface area contributed by atoms with E-state index in [0.29, 0.717) is 5.02 Å². The van der Waals surface area contributed by atoms with Crippen LogP contribution < -0.4 is 16.0 Å². The van der Waals surface area contributed by atoms with E-state index in [1.165, 1.54) is 19.3 Å². The summed E-state index contributed by atoms with van der Waals surface area (Å²) in [5, 5.41) is 3.51. The van der Waals surface area contributed by atoms with Crippen LogP contribution in [0.3, 0.4) is 0 Å². The second kappa shape index (κ2) is 5.26. The third-order valence-corrected chi connectivity index (χ3v) is 4.83. The normalized spacial score (nSPS) is 22.9. The van der Waals surface area contributed by atoms with Crippen molar-refractivity contribution in [2.24, 2.45) is 11.7 Å². The molecule has 2 aliphatic heterocycles. The van der Waals surface area contributed by atoms with Gasteiger partial charge in [0.2, 0.25) is 5.91 Å². The van der Waals surface area contributed by atoms with Crippen molar-refractivity contribution in [3.63, 3.8) is 0 Å². The van der Waals surface area contributed by atoms with Gasteiger partial charge in [0.05, 0.1) is 10.7 Å². The van der Waals surface area contributed by atoms with Crippen LogP contribution in [0.1, 0.15) is 37.8 Å². The third kappa shape index (κ3) is 2.27. The van der Waals surface area contributed by atoms with Crippen LogP contribution >= 0.6 is 11.6 Å². The van der Waals surface area contributed by atoms with Crippen molar-refractivity contribution in [2.75, 3.05) is 23.3 Å². The molecule has 1 fully saturated rings. The Morgan fingerprint density at radius 2 is 2.10 bits per heavy atom. The van der Waals surface area contributed by atoms with Crippen LogP contribution in [0.15, 0.2) is 12.1 Å². The van der Waals surface area contributed by atoms with Gasteiger partial charge in [-0.15, -0.1) is 0 Å². The Kier molecular flexibility index (Phi) is 3.61. The zero-order valence-electron chi connectivity index (χ0n) is 11.7. The number of nitrogens with zero attached hydrogens (tertiary/aromatic N) is 1. The number of nitrogens with one attached hydrogen (secondary N) is 1. The highest BCUT2D eigenvalue weighted by Crippen LogP contribution is 2.39. The maximum absolute atomic E-state index is 11.6. The summed E-state index contributed by atoms with van der Waals surface area (Å²) >= 11 is 6.39. The molecule has 108 valence electrons. The molecule has 5 heteroatoms. The Labute approximate surface area is 124 Å². The summed E-state index contributed by atoms with van der Waals surface area (Å²) < 4.78 is 0. The number of carbonyl (C=O) groups is 1. The third-order valence-electron chi connectivity index (χ3n) is 4.53. The summed E-state index contributed by atoms with van der Waals surface area (Å²) in [7, 11) is 0. The zero-order valence-corrected chi connectivity index (χ0v) is 12.4. The van der Waals surface area contributed by atoms with Gasteiger partial charge in [-0.2, -0.15) is 0 Å². The summed E-state index contributed by atoms with van der Waals surface area (Å²) in [4.78, 5) is 13.9. The molecule has 0 aliphatic carbocycles. The molecule has 0 radical (unpaired) electrons. The van der Waals surface area contributed by atoms with E-state index >= 15 is 0 Å².